The predicted octanol–water partition coefficient (Wildman–Crippen LogP) is 3.33. The molecule has 0 unspecified atom stereocenters. The zero-order valence-corrected chi connectivity index (χ0v) is 22.6. The van der Waals surface area contributed by atoms with Gasteiger partial charge in [0.1, 0.15) is 6.04 Å². The van der Waals surface area contributed by atoms with Crippen LogP contribution in [0.1, 0.15) is 48.5 Å². The third kappa shape index (κ3) is 5.01. The normalized spacial score (nSPS) is 20.6. The molecule has 39 heavy (non-hydrogen) atoms. The number of ether oxygens (including phenoxy) is 1. The summed E-state index contributed by atoms with van der Waals surface area (Å²) in [5, 5.41) is 2.96. The van der Waals surface area contributed by atoms with Crippen LogP contribution in [-0.2, 0) is 19.1 Å². The number of rotatable bonds is 6. The Morgan fingerprint density at radius 1 is 1.03 bits per heavy atom. The molecule has 0 radical (unpaired) electrons. The number of likely N-dealkylation sites (tertiary alicyclic amines) is 1. The van der Waals surface area contributed by atoms with Gasteiger partial charge >= 0.3 is 12.0 Å². The van der Waals surface area contributed by atoms with Crippen molar-refractivity contribution in [3.05, 3.63) is 82.6 Å². The summed E-state index contributed by atoms with van der Waals surface area (Å²) in [5.74, 6) is -0.915. The lowest BCUT2D eigenvalue weighted by atomic mass is 9.94. The molecule has 5 rings (SSSR count). The first kappa shape index (κ1) is 26.5. The van der Waals surface area contributed by atoms with E-state index in [0.29, 0.717) is 49.4 Å². The molecule has 2 atom stereocenters. The first-order chi connectivity index (χ1) is 18.8. The molecular weight excluding hydrogens is 496 g/mol. The van der Waals surface area contributed by atoms with Crippen LogP contribution in [0.4, 0.5) is 4.79 Å². The molecule has 0 bridgehead atoms. The van der Waals surface area contributed by atoms with E-state index in [4.69, 9.17) is 4.74 Å². The smallest absolute Gasteiger partial charge is 0.322 e. The second kappa shape index (κ2) is 10.9. The number of carbonyl (C=O) groups excluding carboxylic acids is 4. The minimum Gasteiger partial charge on any atom is -0.466 e. The van der Waals surface area contributed by atoms with Gasteiger partial charge in [-0.1, -0.05) is 60.2 Å². The van der Waals surface area contributed by atoms with E-state index in [2.05, 4.69) is 5.32 Å². The van der Waals surface area contributed by atoms with Gasteiger partial charge in [-0.2, -0.15) is 0 Å². The summed E-state index contributed by atoms with van der Waals surface area (Å²) < 4.78 is 5.18. The zero-order valence-electron chi connectivity index (χ0n) is 22.6. The van der Waals surface area contributed by atoms with Crippen molar-refractivity contribution in [2.24, 2.45) is 5.92 Å². The first-order valence-electron chi connectivity index (χ1n) is 13.4. The Hall–Kier alpha value is -4.14. The summed E-state index contributed by atoms with van der Waals surface area (Å²) in [4.78, 5) is 58.1. The van der Waals surface area contributed by atoms with E-state index in [1.165, 1.54) is 4.90 Å². The lowest BCUT2D eigenvalue weighted by Crippen LogP contribution is -2.48. The fourth-order valence-electron chi connectivity index (χ4n) is 5.67. The molecule has 0 aliphatic carbocycles. The van der Waals surface area contributed by atoms with Crippen LogP contribution in [0.15, 0.2) is 65.9 Å². The van der Waals surface area contributed by atoms with Crippen molar-refractivity contribution in [3.8, 4) is 0 Å². The van der Waals surface area contributed by atoms with Crippen molar-refractivity contribution in [3.63, 3.8) is 0 Å². The monoisotopic (exact) mass is 530 g/mol. The highest BCUT2D eigenvalue weighted by Gasteiger charge is 2.47. The van der Waals surface area contributed by atoms with E-state index in [1.807, 2.05) is 61.5 Å². The number of nitrogens with one attached hydrogen (secondary N) is 1. The number of aryl methyl sites for hydroxylation is 1. The molecule has 1 saturated heterocycles. The molecule has 4 amide bonds. The summed E-state index contributed by atoms with van der Waals surface area (Å²) in [6, 6.07) is 15.3. The van der Waals surface area contributed by atoms with Gasteiger partial charge in [0.25, 0.3) is 5.91 Å². The summed E-state index contributed by atoms with van der Waals surface area (Å²) in [5.41, 5.74) is 3.68. The zero-order chi connectivity index (χ0) is 27.7. The molecule has 3 aliphatic heterocycles. The van der Waals surface area contributed by atoms with Crippen molar-refractivity contribution in [1.82, 2.24) is 20.0 Å². The van der Waals surface area contributed by atoms with Crippen molar-refractivity contribution >= 4 is 23.8 Å². The second-order valence-corrected chi connectivity index (χ2v) is 10.3. The fraction of sp³-hybridized carbons (Fsp3) is 0.400. The van der Waals surface area contributed by atoms with Gasteiger partial charge in [-0.05, 0) is 37.8 Å². The van der Waals surface area contributed by atoms with E-state index >= 15 is 0 Å². The Kier molecular flexibility index (Phi) is 7.41. The number of hydrogen-bond acceptors (Lipinski definition) is 5. The number of carbonyl (C=O) groups is 4. The highest BCUT2D eigenvalue weighted by Crippen LogP contribution is 2.40. The molecule has 204 valence electrons. The van der Waals surface area contributed by atoms with Gasteiger partial charge in [0.15, 0.2) is 0 Å². The van der Waals surface area contributed by atoms with Crippen LogP contribution in [0.5, 0.6) is 0 Å². The van der Waals surface area contributed by atoms with Gasteiger partial charge in [-0.25, -0.2) is 4.79 Å². The Labute approximate surface area is 228 Å². The van der Waals surface area contributed by atoms with Gasteiger partial charge in [-0.3, -0.25) is 19.3 Å². The third-order valence-electron chi connectivity index (χ3n) is 7.89. The molecule has 1 fully saturated rings. The maximum absolute atomic E-state index is 14.1. The molecule has 9 heteroatoms. The molecule has 2 aromatic carbocycles. The molecule has 3 aliphatic rings. The van der Waals surface area contributed by atoms with Gasteiger partial charge < -0.3 is 19.9 Å². The Morgan fingerprint density at radius 2 is 1.69 bits per heavy atom. The van der Waals surface area contributed by atoms with Crippen molar-refractivity contribution < 1.29 is 23.9 Å². The number of likely N-dealkylation sites (N-methyl/N-ethyl adjacent to an activating group) is 1. The lowest BCUT2D eigenvalue weighted by molar-refractivity contribution is -0.152. The van der Waals surface area contributed by atoms with E-state index in [9.17, 15) is 19.2 Å². The SMILES string of the molecule is CCOC(=O)C1CCN(C(=O)[C@@H](c2ccccc2)N2CC3=C(C2=O)[C@H](c2ccc(C)cc2)NC(=O)N3C)CC1. The van der Waals surface area contributed by atoms with Gasteiger partial charge in [0.05, 0.1) is 36.4 Å². The summed E-state index contributed by atoms with van der Waals surface area (Å²) in [6.07, 6.45) is 1.04. The van der Waals surface area contributed by atoms with Crippen molar-refractivity contribution in [1.29, 1.82) is 0 Å². The van der Waals surface area contributed by atoms with Crippen LogP contribution in [0.2, 0.25) is 0 Å². The molecule has 2 aromatic rings. The second-order valence-electron chi connectivity index (χ2n) is 10.3. The van der Waals surface area contributed by atoms with Crippen LogP contribution in [-0.4, -0.2) is 71.8 Å². The number of hydrogen-bond donors (Lipinski definition) is 1. The van der Waals surface area contributed by atoms with Crippen molar-refractivity contribution in [2.45, 2.75) is 38.8 Å². The molecule has 9 nitrogen and oxygen atoms in total. The number of benzene rings is 2. The molecule has 3 heterocycles. The van der Waals surface area contributed by atoms with E-state index in [-0.39, 0.29) is 36.3 Å². The standard InChI is InChI=1S/C30H34N4O5/c1-4-39-29(37)22-14-16-33(17-15-22)28(36)26(21-8-6-5-7-9-21)34-18-23-24(27(34)35)25(31-30(38)32(23)3)20-12-10-19(2)11-13-20/h5-13,22,25-26H,4,14-18H2,1-3H3,(H,31,38)/t25-,26+/m0/s1. The Bertz CT molecular complexity index is 1300. The highest BCUT2D eigenvalue weighted by atomic mass is 16.5. The quantitative estimate of drug-likeness (QED) is 0.578. The van der Waals surface area contributed by atoms with E-state index in [0.717, 1.165) is 11.1 Å². The number of urea groups is 1. The number of amides is 4. The minimum atomic E-state index is -0.856. The molecule has 0 saturated carbocycles. The summed E-state index contributed by atoms with van der Waals surface area (Å²) in [7, 11) is 1.65. The van der Waals surface area contributed by atoms with E-state index in [1.54, 1.807) is 23.8 Å². The number of piperidine rings is 1. The number of nitrogens with zero attached hydrogens (tertiary/aromatic N) is 3. The lowest BCUT2D eigenvalue weighted by Gasteiger charge is -2.36. The van der Waals surface area contributed by atoms with E-state index < -0.39 is 12.1 Å². The maximum Gasteiger partial charge on any atom is 0.322 e. The molecule has 1 N–H and O–H groups in total. The minimum absolute atomic E-state index is 0.144. The largest absolute Gasteiger partial charge is 0.466 e. The van der Waals surface area contributed by atoms with Crippen LogP contribution in [0.3, 0.4) is 0 Å². The average molecular weight is 531 g/mol. The molecule has 0 spiro atoms. The Balaban J connectivity index is 1.44. The van der Waals surface area contributed by atoms with Crippen LogP contribution in [0, 0.1) is 12.8 Å². The average Bonchev–Trinajstić information content (AvgIpc) is 3.29. The third-order valence-corrected chi connectivity index (χ3v) is 7.89. The topological polar surface area (TPSA) is 99.3 Å². The fourth-order valence-corrected chi connectivity index (χ4v) is 5.67. The van der Waals surface area contributed by atoms with Crippen molar-refractivity contribution in [2.75, 3.05) is 33.3 Å². The Morgan fingerprint density at radius 3 is 2.33 bits per heavy atom. The summed E-state index contributed by atoms with van der Waals surface area (Å²) in [6.45, 7) is 5.06. The van der Waals surface area contributed by atoms with Gasteiger partial charge in [0.2, 0.25) is 5.91 Å². The predicted molar refractivity (Wildman–Crippen MR) is 144 cm³/mol. The number of esters is 1. The van der Waals surface area contributed by atoms with Crippen LogP contribution in [0.25, 0.3) is 0 Å². The van der Waals surface area contributed by atoms with Gasteiger partial charge in [-0.15, -0.1) is 0 Å². The first-order valence-corrected chi connectivity index (χ1v) is 13.4. The summed E-state index contributed by atoms with van der Waals surface area (Å²) >= 11 is 0. The van der Waals surface area contributed by atoms with Crippen LogP contribution < -0.4 is 5.32 Å². The van der Waals surface area contributed by atoms with Gasteiger partial charge in [0, 0.05) is 20.1 Å². The molecule has 0 aromatic heterocycles. The maximum atomic E-state index is 14.1. The highest BCUT2D eigenvalue weighted by molar-refractivity contribution is 6.03. The molecular formula is C30H34N4O5. The van der Waals surface area contributed by atoms with Crippen LogP contribution >= 0.6 is 0 Å².